The average molecular weight is 130 g/mol. The normalized spacial score (nSPS) is 12.6. The minimum absolute atomic E-state index is 0.312. The zero-order valence-electron chi connectivity index (χ0n) is 5.00. The van der Waals surface area contributed by atoms with E-state index < -0.39 is 11.9 Å². The standard InChI is InChI=1S/C5H10N2O2/c6-2-1-4(3-7)5(8)9/h3-4,7H,1-2,6H2,(H,8,9). The molecule has 0 spiro atoms. The molecule has 0 aromatic carbocycles. The van der Waals surface area contributed by atoms with Crippen molar-refractivity contribution in [3.63, 3.8) is 0 Å². The Hall–Kier alpha value is -0.900. The van der Waals surface area contributed by atoms with E-state index in [2.05, 4.69) is 0 Å². The molecule has 0 aromatic heterocycles. The maximum atomic E-state index is 10.1. The summed E-state index contributed by atoms with van der Waals surface area (Å²) in [7, 11) is 0. The topological polar surface area (TPSA) is 87.2 Å². The van der Waals surface area contributed by atoms with E-state index in [0.717, 1.165) is 6.21 Å². The van der Waals surface area contributed by atoms with Gasteiger partial charge < -0.3 is 16.2 Å². The first-order chi connectivity index (χ1) is 4.22. The van der Waals surface area contributed by atoms with Gasteiger partial charge in [0.1, 0.15) is 0 Å². The number of nitrogens with one attached hydrogen (secondary N) is 1. The van der Waals surface area contributed by atoms with Gasteiger partial charge in [0, 0.05) is 6.21 Å². The number of hydrogen-bond acceptors (Lipinski definition) is 3. The molecule has 0 rings (SSSR count). The molecule has 1 unspecified atom stereocenters. The van der Waals surface area contributed by atoms with Gasteiger partial charge >= 0.3 is 5.97 Å². The van der Waals surface area contributed by atoms with Crippen molar-refractivity contribution in [1.82, 2.24) is 0 Å². The van der Waals surface area contributed by atoms with Crippen molar-refractivity contribution < 1.29 is 9.90 Å². The van der Waals surface area contributed by atoms with Crippen LogP contribution in [0, 0.1) is 11.3 Å². The van der Waals surface area contributed by atoms with E-state index in [1.807, 2.05) is 0 Å². The highest BCUT2D eigenvalue weighted by atomic mass is 16.4. The van der Waals surface area contributed by atoms with E-state index in [-0.39, 0.29) is 0 Å². The molecule has 0 heterocycles. The zero-order chi connectivity index (χ0) is 7.28. The second kappa shape index (κ2) is 4.03. The van der Waals surface area contributed by atoms with Crippen LogP contribution in [0.25, 0.3) is 0 Å². The minimum Gasteiger partial charge on any atom is -0.481 e. The van der Waals surface area contributed by atoms with Gasteiger partial charge in [0.05, 0.1) is 5.92 Å². The SMILES string of the molecule is N=CC(CCN)C(=O)O. The monoisotopic (exact) mass is 130 g/mol. The maximum Gasteiger partial charge on any atom is 0.311 e. The Morgan fingerprint density at radius 2 is 2.44 bits per heavy atom. The molecule has 9 heavy (non-hydrogen) atoms. The van der Waals surface area contributed by atoms with Crippen molar-refractivity contribution in [2.75, 3.05) is 6.54 Å². The number of carbonyl (C=O) groups is 1. The van der Waals surface area contributed by atoms with Gasteiger partial charge in [0.15, 0.2) is 0 Å². The van der Waals surface area contributed by atoms with E-state index in [0.29, 0.717) is 13.0 Å². The molecular formula is C5H10N2O2. The van der Waals surface area contributed by atoms with Crippen molar-refractivity contribution in [1.29, 1.82) is 5.41 Å². The predicted octanol–water partition coefficient (Wildman–Crippen LogP) is -0.314. The van der Waals surface area contributed by atoms with Crippen LogP contribution >= 0.6 is 0 Å². The second-order valence-electron chi connectivity index (χ2n) is 1.69. The van der Waals surface area contributed by atoms with Gasteiger partial charge in [-0.25, -0.2) is 0 Å². The highest BCUT2D eigenvalue weighted by Crippen LogP contribution is 1.96. The molecule has 0 saturated heterocycles. The van der Waals surface area contributed by atoms with E-state index in [1.165, 1.54) is 0 Å². The fourth-order valence-corrected chi connectivity index (χ4v) is 0.458. The van der Waals surface area contributed by atoms with Gasteiger partial charge in [-0.05, 0) is 13.0 Å². The fraction of sp³-hybridized carbons (Fsp3) is 0.600. The lowest BCUT2D eigenvalue weighted by Gasteiger charge is -2.00. The maximum absolute atomic E-state index is 10.1. The van der Waals surface area contributed by atoms with Crippen molar-refractivity contribution in [3.05, 3.63) is 0 Å². The molecular weight excluding hydrogens is 120 g/mol. The van der Waals surface area contributed by atoms with E-state index >= 15 is 0 Å². The van der Waals surface area contributed by atoms with Gasteiger partial charge in [0.25, 0.3) is 0 Å². The molecule has 4 heteroatoms. The van der Waals surface area contributed by atoms with Crippen LogP contribution in [0.4, 0.5) is 0 Å². The number of hydrogen-bond donors (Lipinski definition) is 3. The Labute approximate surface area is 53.2 Å². The second-order valence-corrected chi connectivity index (χ2v) is 1.69. The lowest BCUT2D eigenvalue weighted by atomic mass is 10.1. The summed E-state index contributed by atoms with van der Waals surface area (Å²) in [6, 6.07) is 0. The van der Waals surface area contributed by atoms with Crippen LogP contribution in [0.2, 0.25) is 0 Å². The largest absolute Gasteiger partial charge is 0.481 e. The van der Waals surface area contributed by atoms with E-state index in [4.69, 9.17) is 16.2 Å². The van der Waals surface area contributed by atoms with Crippen LogP contribution in [0.15, 0.2) is 0 Å². The molecule has 0 bridgehead atoms. The van der Waals surface area contributed by atoms with Crippen LogP contribution in [0.1, 0.15) is 6.42 Å². The average Bonchev–Trinajstić information content (AvgIpc) is 1.82. The van der Waals surface area contributed by atoms with Crippen molar-refractivity contribution in [2.45, 2.75) is 6.42 Å². The van der Waals surface area contributed by atoms with Gasteiger partial charge in [0.2, 0.25) is 0 Å². The number of carboxylic acid groups (broad SMARTS) is 1. The highest BCUT2D eigenvalue weighted by Gasteiger charge is 2.11. The first-order valence-corrected chi connectivity index (χ1v) is 2.65. The summed E-state index contributed by atoms with van der Waals surface area (Å²) in [6.45, 7) is 0.312. The third kappa shape index (κ3) is 2.81. The van der Waals surface area contributed by atoms with Crippen LogP contribution < -0.4 is 5.73 Å². The fourth-order valence-electron chi connectivity index (χ4n) is 0.458. The molecule has 0 aliphatic rings. The van der Waals surface area contributed by atoms with E-state index in [9.17, 15) is 4.79 Å². The first kappa shape index (κ1) is 8.10. The molecule has 1 atom stereocenters. The lowest BCUT2D eigenvalue weighted by molar-refractivity contribution is -0.139. The number of aliphatic carboxylic acids is 1. The Kier molecular flexibility index (Phi) is 3.62. The Balaban J connectivity index is 3.68. The number of rotatable bonds is 4. The predicted molar refractivity (Wildman–Crippen MR) is 33.6 cm³/mol. The van der Waals surface area contributed by atoms with Crippen LogP contribution in [-0.4, -0.2) is 23.8 Å². The summed E-state index contributed by atoms with van der Waals surface area (Å²) < 4.78 is 0. The molecule has 0 saturated carbocycles. The van der Waals surface area contributed by atoms with E-state index in [1.54, 1.807) is 0 Å². The van der Waals surface area contributed by atoms with Crippen molar-refractivity contribution >= 4 is 12.2 Å². The first-order valence-electron chi connectivity index (χ1n) is 2.65. The molecule has 52 valence electrons. The van der Waals surface area contributed by atoms with Crippen LogP contribution in [0.3, 0.4) is 0 Å². The third-order valence-corrected chi connectivity index (χ3v) is 0.996. The summed E-state index contributed by atoms with van der Waals surface area (Å²) in [6.07, 6.45) is 1.24. The molecule has 0 amide bonds. The molecule has 4 nitrogen and oxygen atoms in total. The molecule has 0 fully saturated rings. The Morgan fingerprint density at radius 3 is 2.56 bits per heavy atom. The lowest BCUT2D eigenvalue weighted by Crippen LogP contribution is -2.18. The van der Waals surface area contributed by atoms with Crippen molar-refractivity contribution in [3.8, 4) is 0 Å². The summed E-state index contributed by atoms with van der Waals surface area (Å²) in [5, 5.41) is 14.9. The minimum atomic E-state index is -0.976. The van der Waals surface area contributed by atoms with Gasteiger partial charge in [-0.3, -0.25) is 4.79 Å². The smallest absolute Gasteiger partial charge is 0.311 e. The summed E-state index contributed by atoms with van der Waals surface area (Å²) in [4.78, 5) is 10.1. The number of carboxylic acids is 1. The quantitative estimate of drug-likeness (QED) is 0.456. The third-order valence-electron chi connectivity index (χ3n) is 0.996. The number of nitrogens with two attached hydrogens (primary N) is 1. The Morgan fingerprint density at radius 1 is 1.89 bits per heavy atom. The highest BCUT2D eigenvalue weighted by molar-refractivity contribution is 5.87. The van der Waals surface area contributed by atoms with Gasteiger partial charge in [-0.2, -0.15) is 0 Å². The molecule has 0 aliphatic carbocycles. The summed E-state index contributed by atoms with van der Waals surface area (Å²) in [5.74, 6) is -1.68. The van der Waals surface area contributed by atoms with Crippen molar-refractivity contribution in [2.24, 2.45) is 11.7 Å². The zero-order valence-corrected chi connectivity index (χ0v) is 5.00. The molecule has 0 aliphatic heterocycles. The molecule has 4 N–H and O–H groups in total. The van der Waals surface area contributed by atoms with Crippen LogP contribution in [-0.2, 0) is 4.79 Å². The van der Waals surface area contributed by atoms with Gasteiger partial charge in [-0.1, -0.05) is 0 Å². The van der Waals surface area contributed by atoms with Gasteiger partial charge in [-0.15, -0.1) is 0 Å². The molecule has 0 radical (unpaired) electrons. The van der Waals surface area contributed by atoms with Crippen LogP contribution in [0.5, 0.6) is 0 Å². The summed E-state index contributed by atoms with van der Waals surface area (Å²) >= 11 is 0. The Bertz CT molecular complexity index is 114. The molecule has 0 aromatic rings. The summed E-state index contributed by atoms with van der Waals surface area (Å²) in [5.41, 5.74) is 5.08.